The first-order chi connectivity index (χ1) is 31.6. The SMILES string of the molecule is Fc1ccc2c(c1)c1ccccc1n2-c1ccc(-c2cc(-c3cc(-n4c5ccccc5c5ccccc54)cc(-n4c5ccccc5c5ccccc54)c3)nc(-c3ccccc3)n2)cc1. The smallest absolute Gasteiger partial charge is 0.160 e. The average Bonchev–Trinajstić information content (AvgIpc) is 4.00. The summed E-state index contributed by atoms with van der Waals surface area (Å²) >= 11 is 0. The molecule has 6 heteroatoms. The van der Waals surface area contributed by atoms with Crippen molar-refractivity contribution in [2.45, 2.75) is 0 Å². The van der Waals surface area contributed by atoms with Gasteiger partial charge in [-0.25, -0.2) is 14.4 Å². The molecule has 0 atom stereocenters. The first-order valence-corrected chi connectivity index (χ1v) is 21.5. The second kappa shape index (κ2) is 14.2. The summed E-state index contributed by atoms with van der Waals surface area (Å²) in [6.07, 6.45) is 0. The Hall–Kier alpha value is -8.61. The van der Waals surface area contributed by atoms with Gasteiger partial charge in [-0.2, -0.15) is 0 Å². The van der Waals surface area contributed by atoms with Gasteiger partial charge in [0.1, 0.15) is 5.82 Å². The molecule has 0 unspecified atom stereocenters. The highest BCUT2D eigenvalue weighted by molar-refractivity contribution is 6.11. The van der Waals surface area contributed by atoms with Gasteiger partial charge in [0.05, 0.1) is 44.5 Å². The van der Waals surface area contributed by atoms with E-state index in [1.807, 2.05) is 36.4 Å². The van der Waals surface area contributed by atoms with Crippen molar-refractivity contribution in [3.63, 3.8) is 0 Å². The molecule has 13 rings (SSSR count). The zero-order chi connectivity index (χ0) is 42.3. The van der Waals surface area contributed by atoms with E-state index in [4.69, 9.17) is 9.97 Å². The molecule has 5 nitrogen and oxygen atoms in total. The third-order valence-electron chi connectivity index (χ3n) is 12.7. The van der Waals surface area contributed by atoms with Crippen LogP contribution in [0.2, 0.25) is 0 Å². The summed E-state index contributed by atoms with van der Waals surface area (Å²) in [5.41, 5.74) is 14.0. The lowest BCUT2D eigenvalue weighted by atomic mass is 10.0. The number of hydrogen-bond acceptors (Lipinski definition) is 2. The van der Waals surface area contributed by atoms with Gasteiger partial charge in [0.2, 0.25) is 0 Å². The summed E-state index contributed by atoms with van der Waals surface area (Å²) < 4.78 is 21.5. The Morgan fingerprint density at radius 2 is 0.688 bits per heavy atom. The molecule has 0 fully saturated rings. The van der Waals surface area contributed by atoms with Crippen LogP contribution < -0.4 is 0 Å². The van der Waals surface area contributed by atoms with Crippen LogP contribution in [0.25, 0.3) is 116 Å². The molecule has 0 radical (unpaired) electrons. The fourth-order valence-electron chi connectivity index (χ4n) is 9.87. The molecule has 9 aromatic carbocycles. The maximum Gasteiger partial charge on any atom is 0.160 e. The molecular formula is C58H36FN5. The van der Waals surface area contributed by atoms with Crippen molar-refractivity contribution in [2.75, 3.05) is 0 Å². The number of rotatable bonds is 6. The molecule has 13 aromatic rings. The molecule has 0 saturated carbocycles. The Kier molecular flexibility index (Phi) is 8.02. The van der Waals surface area contributed by atoms with Crippen molar-refractivity contribution in [3.8, 4) is 51.0 Å². The van der Waals surface area contributed by atoms with Crippen LogP contribution in [0.4, 0.5) is 4.39 Å². The molecule has 64 heavy (non-hydrogen) atoms. The Morgan fingerprint density at radius 1 is 0.281 bits per heavy atom. The summed E-state index contributed by atoms with van der Waals surface area (Å²) in [5, 5.41) is 6.71. The Labute approximate surface area is 367 Å². The van der Waals surface area contributed by atoms with Gasteiger partial charge in [-0.3, -0.25) is 0 Å². The van der Waals surface area contributed by atoms with E-state index in [9.17, 15) is 4.39 Å². The highest BCUT2D eigenvalue weighted by Crippen LogP contribution is 2.39. The second-order valence-corrected chi connectivity index (χ2v) is 16.4. The molecule has 0 bridgehead atoms. The number of para-hydroxylation sites is 5. The Morgan fingerprint density at radius 3 is 1.19 bits per heavy atom. The highest BCUT2D eigenvalue weighted by Gasteiger charge is 2.20. The minimum Gasteiger partial charge on any atom is -0.309 e. The third-order valence-corrected chi connectivity index (χ3v) is 12.7. The van der Waals surface area contributed by atoms with Crippen LogP contribution in [0, 0.1) is 5.82 Å². The quantitative estimate of drug-likeness (QED) is 0.168. The van der Waals surface area contributed by atoms with Crippen molar-refractivity contribution in [3.05, 3.63) is 224 Å². The third kappa shape index (κ3) is 5.63. The maximum atomic E-state index is 14.5. The summed E-state index contributed by atoms with van der Waals surface area (Å²) in [4.78, 5) is 10.6. The van der Waals surface area contributed by atoms with Gasteiger partial charge in [0, 0.05) is 66.1 Å². The Bertz CT molecular complexity index is 3730. The van der Waals surface area contributed by atoms with Gasteiger partial charge in [-0.15, -0.1) is 0 Å². The van der Waals surface area contributed by atoms with Crippen LogP contribution in [-0.2, 0) is 0 Å². The summed E-state index contributed by atoms with van der Waals surface area (Å²) in [6, 6.07) is 75.4. The molecular weight excluding hydrogens is 786 g/mol. The highest BCUT2D eigenvalue weighted by atomic mass is 19.1. The summed E-state index contributed by atoms with van der Waals surface area (Å²) in [7, 11) is 0. The number of benzene rings is 9. The van der Waals surface area contributed by atoms with E-state index in [2.05, 4.69) is 184 Å². The molecule has 0 N–H and O–H groups in total. The number of fused-ring (bicyclic) bond motifs is 9. The standard InChI is InChI=1S/C58H36FN5/c59-40-28-31-57-49(34-40)48-20-8-13-25-56(48)62(57)41-29-26-37(27-30-41)50-36-51(61-58(60-50)38-14-2-1-3-15-38)39-32-42(63-52-21-9-4-16-44(52)45-17-5-10-22-53(45)63)35-43(33-39)64-54-23-11-6-18-46(54)47-19-7-12-24-55(47)64/h1-36H. The first kappa shape index (κ1) is 36.1. The van der Waals surface area contributed by atoms with Gasteiger partial charge in [0.15, 0.2) is 5.82 Å². The van der Waals surface area contributed by atoms with Crippen molar-refractivity contribution in [1.82, 2.24) is 23.7 Å². The first-order valence-electron chi connectivity index (χ1n) is 21.5. The number of halogens is 1. The van der Waals surface area contributed by atoms with E-state index in [0.29, 0.717) is 5.82 Å². The average molecular weight is 822 g/mol. The molecule has 0 aliphatic carbocycles. The molecule has 4 heterocycles. The number of hydrogen-bond donors (Lipinski definition) is 0. The molecule has 0 saturated heterocycles. The van der Waals surface area contributed by atoms with Crippen molar-refractivity contribution in [1.29, 1.82) is 0 Å². The van der Waals surface area contributed by atoms with Crippen LogP contribution in [0.1, 0.15) is 0 Å². The van der Waals surface area contributed by atoms with Crippen molar-refractivity contribution in [2.24, 2.45) is 0 Å². The number of aromatic nitrogens is 5. The van der Waals surface area contributed by atoms with Crippen molar-refractivity contribution >= 4 is 65.4 Å². The van der Waals surface area contributed by atoms with Gasteiger partial charge in [-0.05, 0) is 84.9 Å². The van der Waals surface area contributed by atoms with E-state index in [1.54, 1.807) is 6.07 Å². The van der Waals surface area contributed by atoms with E-state index >= 15 is 0 Å². The lowest BCUT2D eigenvalue weighted by molar-refractivity contribution is 0.629. The van der Waals surface area contributed by atoms with Gasteiger partial charge < -0.3 is 13.7 Å². The normalized spacial score (nSPS) is 11.8. The van der Waals surface area contributed by atoms with Crippen LogP contribution >= 0.6 is 0 Å². The molecule has 0 spiro atoms. The zero-order valence-corrected chi connectivity index (χ0v) is 34.4. The lowest BCUT2D eigenvalue weighted by Gasteiger charge is -2.16. The monoisotopic (exact) mass is 821 g/mol. The second-order valence-electron chi connectivity index (χ2n) is 16.4. The minimum absolute atomic E-state index is 0.248. The van der Waals surface area contributed by atoms with Crippen LogP contribution in [-0.4, -0.2) is 23.7 Å². The molecule has 0 amide bonds. The van der Waals surface area contributed by atoms with E-state index in [-0.39, 0.29) is 5.82 Å². The van der Waals surface area contributed by atoms with Crippen LogP contribution in [0.15, 0.2) is 218 Å². The summed E-state index contributed by atoms with van der Waals surface area (Å²) in [5.74, 6) is 0.393. The molecule has 300 valence electrons. The molecule has 0 aliphatic rings. The van der Waals surface area contributed by atoms with Crippen LogP contribution in [0.3, 0.4) is 0 Å². The maximum absolute atomic E-state index is 14.5. The topological polar surface area (TPSA) is 40.6 Å². The number of nitrogens with zero attached hydrogens (tertiary/aromatic N) is 5. The summed E-state index contributed by atoms with van der Waals surface area (Å²) in [6.45, 7) is 0. The van der Waals surface area contributed by atoms with Gasteiger partial charge in [0.25, 0.3) is 0 Å². The van der Waals surface area contributed by atoms with E-state index in [1.165, 1.54) is 27.6 Å². The van der Waals surface area contributed by atoms with Gasteiger partial charge >= 0.3 is 0 Å². The minimum atomic E-state index is -0.248. The van der Waals surface area contributed by atoms with Gasteiger partial charge in [-0.1, -0.05) is 133 Å². The molecule has 4 aromatic heterocycles. The van der Waals surface area contributed by atoms with E-state index < -0.39 is 0 Å². The lowest BCUT2D eigenvalue weighted by Crippen LogP contribution is -2.01. The fourth-order valence-corrected chi connectivity index (χ4v) is 9.87. The fraction of sp³-hybridized carbons (Fsp3) is 0. The van der Waals surface area contributed by atoms with E-state index in [0.717, 1.165) is 89.0 Å². The Balaban J connectivity index is 1.04. The predicted octanol–water partition coefficient (Wildman–Crippen LogP) is 14.9. The zero-order valence-electron chi connectivity index (χ0n) is 34.4. The van der Waals surface area contributed by atoms with Crippen molar-refractivity contribution < 1.29 is 4.39 Å². The predicted molar refractivity (Wildman–Crippen MR) is 261 cm³/mol. The molecule has 0 aliphatic heterocycles. The van der Waals surface area contributed by atoms with Crippen LogP contribution in [0.5, 0.6) is 0 Å². The largest absolute Gasteiger partial charge is 0.309 e.